The molecule has 2 nitrogen and oxygen atoms in total. The molecular formula is C14H16O2. The summed E-state index contributed by atoms with van der Waals surface area (Å²) in [5, 5.41) is 0. The second kappa shape index (κ2) is 6.51. The lowest BCUT2D eigenvalue weighted by Crippen LogP contribution is -1.96. The van der Waals surface area contributed by atoms with E-state index in [0.717, 1.165) is 17.1 Å². The van der Waals surface area contributed by atoms with Crippen LogP contribution in [0.4, 0.5) is 0 Å². The predicted molar refractivity (Wildman–Crippen MR) is 67.9 cm³/mol. The van der Waals surface area contributed by atoms with Crippen molar-refractivity contribution in [3.8, 4) is 11.5 Å². The van der Waals surface area contributed by atoms with E-state index in [9.17, 15) is 0 Å². The quantitative estimate of drug-likeness (QED) is 0.650. The smallest absolute Gasteiger partial charge is 0.124 e. The van der Waals surface area contributed by atoms with Gasteiger partial charge in [0.1, 0.15) is 24.7 Å². The fourth-order valence-corrected chi connectivity index (χ4v) is 1.19. The highest BCUT2D eigenvalue weighted by Crippen LogP contribution is 2.23. The van der Waals surface area contributed by atoms with Crippen LogP contribution in [0.1, 0.15) is 5.56 Å². The number of ether oxygens (including phenoxy) is 2. The summed E-state index contributed by atoms with van der Waals surface area (Å²) in [5.74, 6) is 1.49. The van der Waals surface area contributed by atoms with Gasteiger partial charge in [-0.25, -0.2) is 0 Å². The summed E-state index contributed by atoms with van der Waals surface area (Å²) in [5.41, 5.74) is 0.959. The molecule has 0 aliphatic heterocycles. The van der Waals surface area contributed by atoms with Gasteiger partial charge >= 0.3 is 0 Å². The normalized spacial score (nSPS) is 9.25. The van der Waals surface area contributed by atoms with Gasteiger partial charge in [-0.2, -0.15) is 0 Å². The van der Waals surface area contributed by atoms with E-state index >= 15 is 0 Å². The SMILES string of the molecule is C=CCOc1cc(C=C)cc(OCC=C)c1. The highest BCUT2D eigenvalue weighted by atomic mass is 16.5. The minimum absolute atomic E-state index is 0.474. The molecule has 84 valence electrons. The monoisotopic (exact) mass is 216 g/mol. The lowest BCUT2D eigenvalue weighted by molar-refractivity contribution is 0.345. The van der Waals surface area contributed by atoms with Gasteiger partial charge in [-0.3, -0.25) is 0 Å². The topological polar surface area (TPSA) is 18.5 Å². The predicted octanol–water partition coefficient (Wildman–Crippen LogP) is 3.46. The molecule has 0 bridgehead atoms. The molecule has 2 heteroatoms. The lowest BCUT2D eigenvalue weighted by atomic mass is 10.2. The molecule has 0 fully saturated rings. The zero-order valence-corrected chi connectivity index (χ0v) is 9.32. The van der Waals surface area contributed by atoms with Crippen LogP contribution in [0.25, 0.3) is 6.08 Å². The number of benzene rings is 1. The van der Waals surface area contributed by atoms with Gasteiger partial charge in [0.05, 0.1) is 0 Å². The number of hydrogen-bond donors (Lipinski definition) is 0. The minimum Gasteiger partial charge on any atom is -0.489 e. The molecule has 0 heterocycles. The largest absolute Gasteiger partial charge is 0.489 e. The fraction of sp³-hybridized carbons (Fsp3) is 0.143. The molecule has 0 amide bonds. The second-order valence-electron chi connectivity index (χ2n) is 3.14. The van der Waals surface area contributed by atoms with Crippen LogP contribution in [0.3, 0.4) is 0 Å². The molecule has 1 rings (SSSR count). The van der Waals surface area contributed by atoms with E-state index < -0.39 is 0 Å². The Labute approximate surface area is 96.5 Å². The molecule has 1 aromatic rings. The molecule has 1 aromatic carbocycles. The van der Waals surface area contributed by atoms with Crippen molar-refractivity contribution in [2.24, 2.45) is 0 Å². The third kappa shape index (κ3) is 3.65. The van der Waals surface area contributed by atoms with E-state index in [4.69, 9.17) is 9.47 Å². The lowest BCUT2D eigenvalue weighted by Gasteiger charge is -2.09. The molecule has 0 saturated heterocycles. The zero-order valence-electron chi connectivity index (χ0n) is 9.32. The molecular weight excluding hydrogens is 200 g/mol. The van der Waals surface area contributed by atoms with Crippen molar-refractivity contribution < 1.29 is 9.47 Å². The zero-order chi connectivity index (χ0) is 11.8. The van der Waals surface area contributed by atoms with E-state index in [-0.39, 0.29) is 0 Å². The number of rotatable bonds is 7. The van der Waals surface area contributed by atoms with Gasteiger partial charge in [-0.05, 0) is 17.7 Å². The standard InChI is InChI=1S/C14H16O2/c1-4-7-15-13-9-12(6-3)10-14(11-13)16-8-5-2/h4-6,9-11H,1-3,7-8H2. The molecule has 0 atom stereocenters. The Morgan fingerprint density at radius 2 is 1.38 bits per heavy atom. The maximum atomic E-state index is 5.45. The first-order valence-electron chi connectivity index (χ1n) is 5.05. The van der Waals surface area contributed by atoms with Crippen molar-refractivity contribution in [1.29, 1.82) is 0 Å². The molecule has 0 unspecified atom stereocenters. The summed E-state index contributed by atoms with van der Waals surface area (Å²) < 4.78 is 10.9. The molecule has 0 aliphatic carbocycles. The van der Waals surface area contributed by atoms with Gasteiger partial charge in [0.15, 0.2) is 0 Å². The van der Waals surface area contributed by atoms with Crippen molar-refractivity contribution >= 4 is 6.08 Å². The third-order valence-electron chi connectivity index (χ3n) is 1.87. The van der Waals surface area contributed by atoms with Gasteiger partial charge in [0.2, 0.25) is 0 Å². The molecule has 0 spiro atoms. The van der Waals surface area contributed by atoms with E-state index in [1.54, 1.807) is 18.2 Å². The summed E-state index contributed by atoms with van der Waals surface area (Å²) in [4.78, 5) is 0. The first-order valence-corrected chi connectivity index (χ1v) is 5.05. The second-order valence-corrected chi connectivity index (χ2v) is 3.14. The molecule has 0 saturated carbocycles. The van der Waals surface area contributed by atoms with Gasteiger partial charge in [-0.1, -0.05) is 38.0 Å². The summed E-state index contributed by atoms with van der Waals surface area (Å²) in [7, 11) is 0. The van der Waals surface area contributed by atoms with E-state index in [1.165, 1.54) is 0 Å². The summed E-state index contributed by atoms with van der Waals surface area (Å²) in [6, 6.07) is 5.63. The average molecular weight is 216 g/mol. The summed E-state index contributed by atoms with van der Waals surface area (Å²) >= 11 is 0. The van der Waals surface area contributed by atoms with E-state index in [1.807, 2.05) is 18.2 Å². The first kappa shape index (κ1) is 12.1. The van der Waals surface area contributed by atoms with Gasteiger partial charge in [-0.15, -0.1) is 0 Å². The average Bonchev–Trinajstić information content (AvgIpc) is 2.33. The molecule has 0 N–H and O–H groups in total. The highest BCUT2D eigenvalue weighted by Gasteiger charge is 2.00. The molecule has 0 aliphatic rings. The Bertz CT molecular complexity index is 350. The molecule has 16 heavy (non-hydrogen) atoms. The van der Waals surface area contributed by atoms with Gasteiger partial charge in [0.25, 0.3) is 0 Å². The highest BCUT2D eigenvalue weighted by molar-refractivity contribution is 5.53. The Kier molecular flexibility index (Phi) is 4.93. The van der Waals surface area contributed by atoms with Crippen LogP contribution in [0.5, 0.6) is 11.5 Å². The Morgan fingerprint density at radius 3 is 1.75 bits per heavy atom. The third-order valence-corrected chi connectivity index (χ3v) is 1.87. The van der Waals surface area contributed by atoms with Crippen molar-refractivity contribution in [2.75, 3.05) is 13.2 Å². The van der Waals surface area contributed by atoms with E-state index in [2.05, 4.69) is 19.7 Å². The Hall–Kier alpha value is -1.96. The van der Waals surface area contributed by atoms with Crippen LogP contribution in [-0.4, -0.2) is 13.2 Å². The van der Waals surface area contributed by atoms with Crippen LogP contribution in [0.2, 0.25) is 0 Å². The summed E-state index contributed by atoms with van der Waals surface area (Å²) in [6.45, 7) is 11.9. The van der Waals surface area contributed by atoms with Gasteiger partial charge < -0.3 is 9.47 Å². The van der Waals surface area contributed by atoms with E-state index in [0.29, 0.717) is 13.2 Å². The Morgan fingerprint density at radius 1 is 0.875 bits per heavy atom. The van der Waals surface area contributed by atoms with Crippen LogP contribution in [0.15, 0.2) is 50.1 Å². The van der Waals surface area contributed by atoms with Crippen molar-refractivity contribution in [2.45, 2.75) is 0 Å². The van der Waals surface area contributed by atoms with Crippen LogP contribution >= 0.6 is 0 Å². The van der Waals surface area contributed by atoms with Crippen molar-refractivity contribution in [3.63, 3.8) is 0 Å². The molecule has 0 radical (unpaired) electrons. The summed E-state index contributed by atoms with van der Waals surface area (Å²) in [6.07, 6.45) is 5.15. The molecule has 0 aromatic heterocycles. The Balaban J connectivity index is 2.86. The van der Waals surface area contributed by atoms with Crippen LogP contribution in [0, 0.1) is 0 Å². The van der Waals surface area contributed by atoms with Crippen LogP contribution in [-0.2, 0) is 0 Å². The first-order chi connectivity index (χ1) is 7.80. The van der Waals surface area contributed by atoms with Crippen molar-refractivity contribution in [1.82, 2.24) is 0 Å². The number of hydrogen-bond acceptors (Lipinski definition) is 2. The fourth-order valence-electron chi connectivity index (χ4n) is 1.19. The van der Waals surface area contributed by atoms with Crippen LogP contribution < -0.4 is 9.47 Å². The maximum Gasteiger partial charge on any atom is 0.124 e. The van der Waals surface area contributed by atoms with Crippen molar-refractivity contribution in [3.05, 3.63) is 55.7 Å². The van der Waals surface area contributed by atoms with Gasteiger partial charge in [0, 0.05) is 6.07 Å². The maximum absolute atomic E-state index is 5.45. The minimum atomic E-state index is 0.474.